The number of hydrogen-bond donors (Lipinski definition) is 0. The Bertz CT molecular complexity index is 708. The molecule has 4 heteroatoms. The maximum absolute atomic E-state index is 12.6. The first-order valence-electron chi connectivity index (χ1n) is 8.53. The molecule has 1 saturated heterocycles. The number of rotatable bonds is 4. The second-order valence-electron chi connectivity index (χ2n) is 6.12. The van der Waals surface area contributed by atoms with E-state index in [4.69, 9.17) is 0 Å². The molecule has 0 atom stereocenters. The fourth-order valence-corrected chi connectivity index (χ4v) is 3.66. The quantitative estimate of drug-likeness (QED) is 0.795. The molecule has 1 heterocycles. The molecule has 0 unspecified atom stereocenters. The largest absolute Gasteiger partial charge is 0.368 e. The van der Waals surface area contributed by atoms with Crippen LogP contribution in [0, 0.1) is 0 Å². The summed E-state index contributed by atoms with van der Waals surface area (Å²) in [6, 6.07) is 16.5. The lowest BCUT2D eigenvalue weighted by Gasteiger charge is -2.37. The zero-order chi connectivity index (χ0) is 16.9. The van der Waals surface area contributed by atoms with Crippen molar-refractivity contribution < 1.29 is 4.79 Å². The molecule has 0 saturated carbocycles. The van der Waals surface area contributed by atoms with E-state index in [0.717, 1.165) is 42.6 Å². The molecule has 24 heavy (non-hydrogen) atoms. The summed E-state index contributed by atoms with van der Waals surface area (Å²) in [6.45, 7) is 5.58. The van der Waals surface area contributed by atoms with Gasteiger partial charge in [0.1, 0.15) is 0 Å². The van der Waals surface area contributed by atoms with Gasteiger partial charge in [-0.05, 0) is 29.7 Å². The highest BCUT2D eigenvalue weighted by molar-refractivity contribution is 9.10. The Morgan fingerprint density at radius 1 is 0.958 bits per heavy atom. The predicted octanol–water partition coefficient (Wildman–Crippen LogP) is 3.90. The fourth-order valence-electron chi connectivity index (χ4n) is 3.23. The first-order chi connectivity index (χ1) is 11.7. The van der Waals surface area contributed by atoms with Crippen molar-refractivity contribution in [2.75, 3.05) is 31.1 Å². The Hall–Kier alpha value is -1.81. The Kier molecular flexibility index (Phi) is 5.56. The molecular weight excluding hydrogens is 364 g/mol. The molecule has 1 amide bonds. The summed E-state index contributed by atoms with van der Waals surface area (Å²) in [5, 5.41) is 0. The molecular formula is C20H23BrN2O. The summed E-state index contributed by atoms with van der Waals surface area (Å²) in [5.74, 6) is 0.213. The van der Waals surface area contributed by atoms with E-state index in [0.29, 0.717) is 6.42 Å². The fraction of sp³-hybridized carbons (Fsp3) is 0.350. The van der Waals surface area contributed by atoms with Gasteiger partial charge in [0, 0.05) is 36.3 Å². The van der Waals surface area contributed by atoms with Crippen LogP contribution in [-0.2, 0) is 17.6 Å². The molecule has 0 spiro atoms. The van der Waals surface area contributed by atoms with Gasteiger partial charge in [0.05, 0.1) is 6.42 Å². The van der Waals surface area contributed by atoms with Crippen molar-refractivity contribution in [2.45, 2.75) is 19.8 Å². The van der Waals surface area contributed by atoms with Crippen molar-refractivity contribution in [3.05, 3.63) is 64.1 Å². The van der Waals surface area contributed by atoms with Gasteiger partial charge >= 0.3 is 0 Å². The van der Waals surface area contributed by atoms with Gasteiger partial charge in [-0.1, -0.05) is 59.3 Å². The number of amides is 1. The summed E-state index contributed by atoms with van der Waals surface area (Å²) < 4.78 is 1.01. The second-order valence-corrected chi connectivity index (χ2v) is 6.97. The normalized spacial score (nSPS) is 14.8. The van der Waals surface area contributed by atoms with E-state index >= 15 is 0 Å². The number of aryl methyl sites for hydroxylation is 1. The van der Waals surface area contributed by atoms with Gasteiger partial charge in [-0.25, -0.2) is 0 Å². The topological polar surface area (TPSA) is 23.6 Å². The van der Waals surface area contributed by atoms with Gasteiger partial charge in [-0.2, -0.15) is 0 Å². The Labute approximate surface area is 152 Å². The van der Waals surface area contributed by atoms with Crippen LogP contribution in [0.3, 0.4) is 0 Å². The van der Waals surface area contributed by atoms with Crippen LogP contribution < -0.4 is 4.90 Å². The summed E-state index contributed by atoms with van der Waals surface area (Å²) in [7, 11) is 0. The number of hydrogen-bond acceptors (Lipinski definition) is 2. The third-order valence-corrected chi connectivity index (χ3v) is 5.42. The lowest BCUT2D eigenvalue weighted by molar-refractivity contribution is -0.130. The third kappa shape index (κ3) is 3.81. The van der Waals surface area contributed by atoms with Crippen LogP contribution >= 0.6 is 15.9 Å². The maximum atomic E-state index is 12.6. The number of anilines is 1. The van der Waals surface area contributed by atoms with Gasteiger partial charge in [0.15, 0.2) is 0 Å². The molecule has 126 valence electrons. The summed E-state index contributed by atoms with van der Waals surface area (Å²) in [6.07, 6.45) is 1.50. The van der Waals surface area contributed by atoms with E-state index in [1.807, 2.05) is 29.2 Å². The highest BCUT2D eigenvalue weighted by Gasteiger charge is 2.22. The maximum Gasteiger partial charge on any atom is 0.227 e. The highest BCUT2D eigenvalue weighted by Crippen LogP contribution is 2.23. The minimum atomic E-state index is 0.213. The van der Waals surface area contributed by atoms with Crippen LogP contribution in [-0.4, -0.2) is 37.0 Å². The number of benzene rings is 2. The molecule has 3 rings (SSSR count). The standard InChI is InChI=1S/C20H23BrN2O/c1-2-16-7-4-6-10-19(16)22-11-13-23(14-12-22)20(24)15-17-8-3-5-9-18(17)21/h3-10H,2,11-15H2,1H3. The minimum Gasteiger partial charge on any atom is -0.368 e. The van der Waals surface area contributed by atoms with Crippen LogP contribution in [0.4, 0.5) is 5.69 Å². The van der Waals surface area contributed by atoms with Crippen molar-refractivity contribution in [1.82, 2.24) is 4.90 Å². The molecule has 1 aliphatic rings. The van der Waals surface area contributed by atoms with Crippen molar-refractivity contribution >= 4 is 27.5 Å². The molecule has 3 nitrogen and oxygen atoms in total. The van der Waals surface area contributed by atoms with Crippen LogP contribution in [0.5, 0.6) is 0 Å². The zero-order valence-corrected chi connectivity index (χ0v) is 15.6. The Balaban J connectivity index is 1.61. The average molecular weight is 387 g/mol. The summed E-state index contributed by atoms with van der Waals surface area (Å²) in [4.78, 5) is 17.0. The highest BCUT2D eigenvalue weighted by atomic mass is 79.9. The molecule has 2 aromatic carbocycles. The minimum absolute atomic E-state index is 0.213. The van der Waals surface area contributed by atoms with Crippen LogP contribution in [0.25, 0.3) is 0 Å². The van der Waals surface area contributed by atoms with E-state index in [1.165, 1.54) is 11.3 Å². The van der Waals surface area contributed by atoms with Crippen molar-refractivity contribution in [1.29, 1.82) is 0 Å². The van der Waals surface area contributed by atoms with E-state index in [9.17, 15) is 4.79 Å². The first-order valence-corrected chi connectivity index (χ1v) is 9.32. The van der Waals surface area contributed by atoms with Crippen molar-refractivity contribution in [3.63, 3.8) is 0 Å². The van der Waals surface area contributed by atoms with Gasteiger partial charge in [-0.3, -0.25) is 4.79 Å². The monoisotopic (exact) mass is 386 g/mol. The van der Waals surface area contributed by atoms with E-state index in [1.54, 1.807) is 0 Å². The third-order valence-electron chi connectivity index (χ3n) is 4.65. The van der Waals surface area contributed by atoms with Gasteiger partial charge < -0.3 is 9.80 Å². The van der Waals surface area contributed by atoms with Gasteiger partial charge in [0.25, 0.3) is 0 Å². The van der Waals surface area contributed by atoms with Crippen molar-refractivity contribution in [3.8, 4) is 0 Å². The lowest BCUT2D eigenvalue weighted by Crippen LogP contribution is -2.49. The molecule has 0 radical (unpaired) electrons. The number of nitrogens with zero attached hydrogens (tertiary/aromatic N) is 2. The number of halogens is 1. The first kappa shape index (κ1) is 17.0. The molecule has 2 aromatic rings. The second kappa shape index (κ2) is 7.84. The van der Waals surface area contributed by atoms with E-state index in [2.05, 4.69) is 52.0 Å². The molecule has 1 fully saturated rings. The van der Waals surface area contributed by atoms with Crippen molar-refractivity contribution in [2.24, 2.45) is 0 Å². The number of carbonyl (C=O) groups excluding carboxylic acids is 1. The number of carbonyl (C=O) groups is 1. The number of piperazine rings is 1. The van der Waals surface area contributed by atoms with Crippen LogP contribution in [0.2, 0.25) is 0 Å². The molecule has 1 aliphatic heterocycles. The van der Waals surface area contributed by atoms with Crippen LogP contribution in [0.15, 0.2) is 53.0 Å². The van der Waals surface area contributed by atoms with Gasteiger partial charge in [-0.15, -0.1) is 0 Å². The van der Waals surface area contributed by atoms with E-state index < -0.39 is 0 Å². The predicted molar refractivity (Wildman–Crippen MR) is 102 cm³/mol. The van der Waals surface area contributed by atoms with E-state index in [-0.39, 0.29) is 5.91 Å². The SMILES string of the molecule is CCc1ccccc1N1CCN(C(=O)Cc2ccccc2Br)CC1. The number of para-hydroxylation sites is 1. The Morgan fingerprint density at radius 3 is 2.25 bits per heavy atom. The lowest BCUT2D eigenvalue weighted by atomic mass is 10.1. The summed E-state index contributed by atoms with van der Waals surface area (Å²) >= 11 is 3.53. The molecule has 0 bridgehead atoms. The van der Waals surface area contributed by atoms with Crippen LogP contribution in [0.1, 0.15) is 18.1 Å². The smallest absolute Gasteiger partial charge is 0.227 e. The average Bonchev–Trinajstić information content (AvgIpc) is 2.63. The molecule has 0 aromatic heterocycles. The zero-order valence-electron chi connectivity index (χ0n) is 14.0. The molecule has 0 aliphatic carbocycles. The molecule has 0 N–H and O–H groups in total. The Morgan fingerprint density at radius 2 is 1.58 bits per heavy atom. The van der Waals surface area contributed by atoms with Gasteiger partial charge in [0.2, 0.25) is 5.91 Å². The summed E-state index contributed by atoms with van der Waals surface area (Å²) in [5.41, 5.74) is 3.75.